The summed E-state index contributed by atoms with van der Waals surface area (Å²) in [6.07, 6.45) is 6.44. The molecule has 31 heavy (non-hydrogen) atoms. The maximum absolute atomic E-state index is 6.33. The van der Waals surface area contributed by atoms with Crippen molar-refractivity contribution in [3.8, 4) is 6.01 Å². The van der Waals surface area contributed by atoms with E-state index in [1.807, 2.05) is 16.8 Å². The van der Waals surface area contributed by atoms with Crippen LogP contribution in [0.3, 0.4) is 0 Å². The van der Waals surface area contributed by atoms with Gasteiger partial charge in [-0.1, -0.05) is 50.7 Å². The lowest BCUT2D eigenvalue weighted by molar-refractivity contribution is 0.0902. The number of anilines is 1. The third kappa shape index (κ3) is 6.66. The number of aromatic nitrogens is 4. The highest BCUT2D eigenvalue weighted by Gasteiger charge is 2.18. The van der Waals surface area contributed by atoms with Crippen molar-refractivity contribution in [1.29, 1.82) is 0 Å². The lowest BCUT2D eigenvalue weighted by atomic mass is 10.1. The monoisotopic (exact) mass is 461 g/mol. The van der Waals surface area contributed by atoms with Crippen molar-refractivity contribution in [3.63, 3.8) is 0 Å². The number of halogens is 1. The fraction of sp³-hybridized carbons (Fsp3) is 0.500. The summed E-state index contributed by atoms with van der Waals surface area (Å²) in [7, 11) is -1.15. The first-order valence-corrected chi connectivity index (χ1v) is 14.8. The third-order valence-electron chi connectivity index (χ3n) is 4.93. The van der Waals surface area contributed by atoms with E-state index in [4.69, 9.17) is 26.8 Å². The second kappa shape index (κ2) is 10.4. The minimum Gasteiger partial charge on any atom is -0.463 e. The van der Waals surface area contributed by atoms with Crippen LogP contribution in [0.15, 0.2) is 24.5 Å². The molecule has 0 amide bonds. The van der Waals surface area contributed by atoms with Crippen LogP contribution < -0.4 is 10.5 Å². The van der Waals surface area contributed by atoms with Crippen LogP contribution in [-0.4, -0.2) is 40.8 Å². The normalized spacial score (nSPS) is 11.9. The third-order valence-corrected chi connectivity index (χ3v) is 6.86. The molecule has 0 unspecified atom stereocenters. The van der Waals surface area contributed by atoms with Crippen molar-refractivity contribution in [2.45, 2.75) is 58.6 Å². The number of fused-ring (bicyclic) bond motifs is 1. The maximum atomic E-state index is 6.33. The van der Waals surface area contributed by atoms with Crippen molar-refractivity contribution in [3.05, 3.63) is 40.8 Å². The summed E-state index contributed by atoms with van der Waals surface area (Å²) in [5, 5.41) is 0.472. The molecule has 0 aromatic carbocycles. The van der Waals surface area contributed by atoms with E-state index in [2.05, 4.69) is 41.5 Å². The summed E-state index contributed by atoms with van der Waals surface area (Å²) >= 11 is 5.94. The molecule has 3 rings (SSSR count). The van der Waals surface area contributed by atoms with Crippen LogP contribution in [0.5, 0.6) is 6.01 Å². The quantitative estimate of drug-likeness (QED) is 0.241. The summed E-state index contributed by atoms with van der Waals surface area (Å²) in [5.74, 6) is 0.394. The van der Waals surface area contributed by atoms with Crippen molar-refractivity contribution in [2.24, 2.45) is 0 Å². The molecule has 0 atom stereocenters. The van der Waals surface area contributed by atoms with Crippen LogP contribution in [0.25, 0.3) is 11.0 Å². The van der Waals surface area contributed by atoms with Gasteiger partial charge in [-0.2, -0.15) is 9.97 Å². The Kier molecular flexibility index (Phi) is 7.91. The first-order valence-electron chi connectivity index (χ1n) is 10.7. The number of hydrogen-bond donors (Lipinski definition) is 1. The molecule has 0 spiro atoms. The summed E-state index contributed by atoms with van der Waals surface area (Å²) < 4.78 is 13.7. The molecule has 3 heterocycles. The van der Waals surface area contributed by atoms with Gasteiger partial charge >= 0.3 is 6.01 Å². The first-order chi connectivity index (χ1) is 14.8. The Balaban J connectivity index is 1.90. The van der Waals surface area contributed by atoms with Crippen LogP contribution in [0.1, 0.15) is 30.9 Å². The van der Waals surface area contributed by atoms with Gasteiger partial charge < -0.3 is 19.8 Å². The topological polar surface area (TPSA) is 88.1 Å². The molecule has 0 aliphatic heterocycles. The predicted molar refractivity (Wildman–Crippen MR) is 129 cm³/mol. The van der Waals surface area contributed by atoms with Gasteiger partial charge in [-0.25, -0.2) is 4.98 Å². The fourth-order valence-corrected chi connectivity index (χ4v) is 4.02. The van der Waals surface area contributed by atoms with E-state index in [1.54, 1.807) is 12.3 Å². The highest BCUT2D eigenvalue weighted by molar-refractivity contribution is 6.76. The van der Waals surface area contributed by atoms with Gasteiger partial charge in [0, 0.05) is 39.1 Å². The van der Waals surface area contributed by atoms with E-state index in [0.29, 0.717) is 36.7 Å². The van der Waals surface area contributed by atoms with Crippen LogP contribution >= 0.6 is 11.6 Å². The molecule has 0 saturated carbocycles. The Bertz CT molecular complexity index is 1000. The van der Waals surface area contributed by atoms with Gasteiger partial charge in [0.05, 0.1) is 6.61 Å². The summed E-state index contributed by atoms with van der Waals surface area (Å²) in [4.78, 5) is 13.2. The van der Waals surface area contributed by atoms with Gasteiger partial charge in [-0.05, 0) is 24.1 Å². The Hall–Kier alpha value is -2.16. The van der Waals surface area contributed by atoms with Crippen LogP contribution in [0.2, 0.25) is 30.8 Å². The summed E-state index contributed by atoms with van der Waals surface area (Å²) in [5.41, 5.74) is 9.94. The second-order valence-electron chi connectivity index (χ2n) is 8.93. The fourth-order valence-electron chi connectivity index (χ4n) is 3.15. The Morgan fingerprint density at radius 3 is 2.65 bits per heavy atom. The molecule has 0 bridgehead atoms. The minimum absolute atomic E-state index is 0.311. The van der Waals surface area contributed by atoms with E-state index in [-0.39, 0.29) is 0 Å². The Morgan fingerprint density at radius 1 is 1.16 bits per heavy atom. The van der Waals surface area contributed by atoms with E-state index in [9.17, 15) is 0 Å². The van der Waals surface area contributed by atoms with Crippen molar-refractivity contribution in [2.75, 3.05) is 18.9 Å². The number of rotatable bonds is 11. The molecule has 3 aromatic rings. The van der Waals surface area contributed by atoms with E-state index in [0.717, 1.165) is 47.7 Å². The number of nitrogens with two attached hydrogens (primary N) is 1. The molecule has 0 radical (unpaired) electrons. The molecule has 168 valence electrons. The SMILES string of the molecule is CCCCOc1nc(N)c2c(n1)c(Cc1ccc(Cl)nc1)cn2COCC[Si](C)(C)C. The molecule has 0 saturated heterocycles. The molecule has 0 aliphatic rings. The number of hydrogen-bond acceptors (Lipinski definition) is 6. The highest BCUT2D eigenvalue weighted by atomic mass is 35.5. The highest BCUT2D eigenvalue weighted by Crippen LogP contribution is 2.28. The molecular weight excluding hydrogens is 430 g/mol. The number of nitrogens with zero attached hydrogens (tertiary/aromatic N) is 4. The molecule has 7 nitrogen and oxygen atoms in total. The van der Waals surface area contributed by atoms with Gasteiger partial charge in [0.15, 0.2) is 5.82 Å². The average Bonchev–Trinajstić information content (AvgIpc) is 3.04. The van der Waals surface area contributed by atoms with Crippen LogP contribution in [0, 0.1) is 0 Å². The second-order valence-corrected chi connectivity index (χ2v) is 14.9. The molecular formula is C22H32ClN5O2Si. The Labute approximate surface area is 190 Å². The van der Waals surface area contributed by atoms with Gasteiger partial charge in [0.2, 0.25) is 0 Å². The lowest BCUT2D eigenvalue weighted by Gasteiger charge is -2.16. The van der Waals surface area contributed by atoms with Gasteiger partial charge in [-0.15, -0.1) is 0 Å². The lowest BCUT2D eigenvalue weighted by Crippen LogP contribution is -2.22. The zero-order valence-electron chi connectivity index (χ0n) is 18.8. The number of pyridine rings is 1. The standard InChI is InChI=1S/C22H32ClN5O2Si/c1-5-6-9-30-22-26-19-17(12-16-7-8-18(23)25-13-16)14-28(20(19)21(24)27-22)15-29-10-11-31(2,3)4/h7-8,13-14H,5-6,9-12,15H2,1-4H3,(H2,24,26,27). The van der Waals surface area contributed by atoms with E-state index in [1.165, 1.54) is 0 Å². The number of ether oxygens (including phenoxy) is 2. The zero-order valence-corrected chi connectivity index (χ0v) is 20.6. The molecule has 2 N–H and O–H groups in total. The predicted octanol–water partition coefficient (Wildman–Crippen LogP) is 5.14. The van der Waals surface area contributed by atoms with Gasteiger partial charge in [0.1, 0.15) is 22.9 Å². The number of unbranched alkanes of at least 4 members (excludes halogenated alkanes) is 1. The average molecular weight is 462 g/mol. The van der Waals surface area contributed by atoms with E-state index < -0.39 is 8.07 Å². The van der Waals surface area contributed by atoms with Crippen molar-refractivity contribution >= 4 is 36.5 Å². The molecule has 0 fully saturated rings. The summed E-state index contributed by atoms with van der Waals surface area (Å²) in [6, 6.07) is 5.17. The van der Waals surface area contributed by atoms with Crippen LogP contribution in [0.4, 0.5) is 5.82 Å². The molecule has 3 aromatic heterocycles. The zero-order chi connectivity index (χ0) is 22.4. The summed E-state index contributed by atoms with van der Waals surface area (Å²) in [6.45, 7) is 10.8. The smallest absolute Gasteiger partial charge is 0.319 e. The molecule has 0 aliphatic carbocycles. The minimum atomic E-state index is -1.15. The van der Waals surface area contributed by atoms with E-state index >= 15 is 0 Å². The molecule has 9 heteroatoms. The largest absolute Gasteiger partial charge is 0.463 e. The van der Waals surface area contributed by atoms with Crippen LogP contribution in [-0.2, 0) is 17.9 Å². The van der Waals surface area contributed by atoms with Gasteiger partial charge in [-0.3, -0.25) is 0 Å². The number of nitrogen functional groups attached to an aromatic ring is 1. The van der Waals surface area contributed by atoms with Crippen molar-refractivity contribution in [1.82, 2.24) is 19.5 Å². The maximum Gasteiger partial charge on any atom is 0.319 e. The van der Waals surface area contributed by atoms with Gasteiger partial charge in [0.25, 0.3) is 0 Å². The van der Waals surface area contributed by atoms with Crippen molar-refractivity contribution < 1.29 is 9.47 Å². The first kappa shape index (κ1) is 23.5. The Morgan fingerprint density at radius 2 is 1.97 bits per heavy atom.